The zero-order chi connectivity index (χ0) is 18.8. The van der Waals surface area contributed by atoms with E-state index in [0.29, 0.717) is 10.7 Å². The lowest BCUT2D eigenvalue weighted by molar-refractivity contribution is 0.0600. The minimum atomic E-state index is -0.324. The number of ether oxygens (including phenoxy) is 1. The maximum absolute atomic E-state index is 11.4. The van der Waals surface area contributed by atoms with Crippen LogP contribution in [0.5, 0.6) is 0 Å². The van der Waals surface area contributed by atoms with Crippen molar-refractivity contribution in [1.29, 1.82) is 0 Å². The molecule has 0 radical (unpaired) electrons. The Bertz CT molecular complexity index is 736. The van der Waals surface area contributed by atoms with Crippen LogP contribution in [0.1, 0.15) is 21.5 Å². The van der Waals surface area contributed by atoms with Crippen LogP contribution in [0.3, 0.4) is 0 Å². The maximum atomic E-state index is 11.4. The third-order valence-electron chi connectivity index (χ3n) is 3.80. The molecule has 2 rings (SSSR count). The van der Waals surface area contributed by atoms with Crippen molar-refractivity contribution in [3.63, 3.8) is 0 Å². The number of halogens is 2. The van der Waals surface area contributed by atoms with Crippen LogP contribution in [-0.4, -0.2) is 44.2 Å². The number of guanidine groups is 1. The number of methoxy groups -OCH3 is 1. The second-order valence-electron chi connectivity index (χ2n) is 5.60. The Labute approximate surface area is 181 Å². The number of hydrogen-bond acceptors (Lipinski definition) is 4. The highest BCUT2D eigenvalue weighted by atomic mass is 127. The van der Waals surface area contributed by atoms with E-state index in [1.807, 2.05) is 18.2 Å². The standard InChI is InChI=1S/C19H23ClN4O2.HI/c1-21-19(23-12-10-15-5-8-17(20)24-13-15)22-11-9-14-3-6-16(7-4-14)18(25)26-2;/h3-8,13H,9-12H2,1-2H3,(H2,21,22,23);1H. The van der Waals surface area contributed by atoms with Gasteiger partial charge in [-0.1, -0.05) is 29.8 Å². The van der Waals surface area contributed by atoms with Crippen molar-refractivity contribution in [1.82, 2.24) is 15.6 Å². The van der Waals surface area contributed by atoms with Gasteiger partial charge >= 0.3 is 5.97 Å². The number of rotatable bonds is 7. The van der Waals surface area contributed by atoms with E-state index in [4.69, 9.17) is 16.3 Å². The highest BCUT2D eigenvalue weighted by Crippen LogP contribution is 2.06. The van der Waals surface area contributed by atoms with Crippen molar-refractivity contribution >= 4 is 47.5 Å². The fourth-order valence-corrected chi connectivity index (χ4v) is 2.46. The van der Waals surface area contributed by atoms with Gasteiger partial charge in [0.25, 0.3) is 0 Å². The number of nitrogens with one attached hydrogen (secondary N) is 2. The topological polar surface area (TPSA) is 75.6 Å². The van der Waals surface area contributed by atoms with E-state index < -0.39 is 0 Å². The van der Waals surface area contributed by atoms with Crippen molar-refractivity contribution in [3.8, 4) is 0 Å². The number of carbonyl (C=O) groups excluding carboxylic acids is 1. The normalized spacial score (nSPS) is 10.7. The summed E-state index contributed by atoms with van der Waals surface area (Å²) in [4.78, 5) is 19.7. The van der Waals surface area contributed by atoms with Crippen molar-refractivity contribution in [2.45, 2.75) is 12.8 Å². The van der Waals surface area contributed by atoms with Crippen LogP contribution in [0.4, 0.5) is 0 Å². The third kappa shape index (κ3) is 8.13. The summed E-state index contributed by atoms with van der Waals surface area (Å²) in [5.41, 5.74) is 2.80. The van der Waals surface area contributed by atoms with Crippen molar-refractivity contribution in [3.05, 3.63) is 64.4 Å². The van der Waals surface area contributed by atoms with E-state index in [1.165, 1.54) is 7.11 Å². The molecule has 8 heteroatoms. The molecule has 0 amide bonds. The molecule has 2 N–H and O–H groups in total. The van der Waals surface area contributed by atoms with Gasteiger partial charge in [0, 0.05) is 26.3 Å². The lowest BCUT2D eigenvalue weighted by atomic mass is 10.1. The SMILES string of the molecule is CN=C(NCCc1ccc(C(=O)OC)cc1)NCCc1ccc(Cl)nc1.I. The molecule has 0 spiro atoms. The Hall–Kier alpha value is -1.87. The predicted molar refractivity (Wildman–Crippen MR) is 119 cm³/mol. The molecule has 0 bridgehead atoms. The molecular formula is C19H24ClIN4O2. The molecule has 0 unspecified atom stereocenters. The molecule has 6 nitrogen and oxygen atoms in total. The average Bonchev–Trinajstić information content (AvgIpc) is 2.68. The van der Waals surface area contributed by atoms with Gasteiger partial charge in [0.1, 0.15) is 5.15 Å². The summed E-state index contributed by atoms with van der Waals surface area (Å²) in [7, 11) is 3.12. The lowest BCUT2D eigenvalue weighted by Crippen LogP contribution is -2.39. The van der Waals surface area contributed by atoms with Gasteiger partial charge in [-0.05, 0) is 42.2 Å². The summed E-state index contributed by atoms with van der Waals surface area (Å²) >= 11 is 5.78. The number of pyridine rings is 1. The van der Waals surface area contributed by atoms with Gasteiger partial charge in [0.15, 0.2) is 5.96 Å². The smallest absolute Gasteiger partial charge is 0.337 e. The molecule has 2 aromatic rings. The predicted octanol–water partition coefficient (Wildman–Crippen LogP) is 3.09. The van der Waals surface area contributed by atoms with Crippen LogP contribution in [0.2, 0.25) is 5.15 Å². The van der Waals surface area contributed by atoms with Crippen molar-refractivity contribution in [2.75, 3.05) is 27.2 Å². The number of hydrogen-bond donors (Lipinski definition) is 2. The van der Waals surface area contributed by atoms with Gasteiger partial charge in [0.05, 0.1) is 12.7 Å². The Kier molecular flexibility index (Phi) is 10.7. The Balaban J connectivity index is 0.00000364. The molecular weight excluding hydrogens is 479 g/mol. The quantitative estimate of drug-likeness (QED) is 0.200. The number of esters is 1. The summed E-state index contributed by atoms with van der Waals surface area (Å²) in [5.74, 6) is 0.424. The van der Waals surface area contributed by atoms with Gasteiger partial charge in [-0.15, -0.1) is 24.0 Å². The number of nitrogens with zero attached hydrogens (tertiary/aromatic N) is 2. The first-order chi connectivity index (χ1) is 12.6. The summed E-state index contributed by atoms with van der Waals surface area (Å²) in [5, 5.41) is 7.04. The zero-order valence-corrected chi connectivity index (χ0v) is 18.5. The molecule has 0 atom stereocenters. The highest BCUT2D eigenvalue weighted by molar-refractivity contribution is 14.0. The van der Waals surface area contributed by atoms with Crippen LogP contribution in [0.15, 0.2) is 47.6 Å². The van der Waals surface area contributed by atoms with E-state index in [1.54, 1.807) is 31.4 Å². The van der Waals surface area contributed by atoms with Crippen LogP contribution in [-0.2, 0) is 17.6 Å². The van der Waals surface area contributed by atoms with E-state index in [0.717, 1.165) is 43.0 Å². The monoisotopic (exact) mass is 502 g/mol. The first-order valence-corrected chi connectivity index (χ1v) is 8.72. The van der Waals surface area contributed by atoms with Crippen molar-refractivity contribution < 1.29 is 9.53 Å². The van der Waals surface area contributed by atoms with Gasteiger partial charge in [-0.3, -0.25) is 4.99 Å². The number of aliphatic imine (C=N–C) groups is 1. The summed E-state index contributed by atoms with van der Waals surface area (Å²) in [6.45, 7) is 1.48. The van der Waals surface area contributed by atoms with Crippen LogP contribution < -0.4 is 10.6 Å². The van der Waals surface area contributed by atoms with E-state index >= 15 is 0 Å². The number of carbonyl (C=O) groups is 1. The maximum Gasteiger partial charge on any atom is 0.337 e. The third-order valence-corrected chi connectivity index (χ3v) is 4.02. The minimum Gasteiger partial charge on any atom is -0.465 e. The molecule has 1 aromatic heterocycles. The minimum absolute atomic E-state index is 0. The van der Waals surface area contributed by atoms with Gasteiger partial charge < -0.3 is 15.4 Å². The molecule has 0 saturated carbocycles. The Morgan fingerprint density at radius 2 is 1.67 bits per heavy atom. The first-order valence-electron chi connectivity index (χ1n) is 8.34. The van der Waals surface area contributed by atoms with Crippen LogP contribution >= 0.6 is 35.6 Å². The fourth-order valence-electron chi connectivity index (χ4n) is 2.35. The molecule has 1 heterocycles. The Morgan fingerprint density at radius 1 is 1.07 bits per heavy atom. The molecule has 0 fully saturated rings. The summed E-state index contributed by atoms with van der Waals surface area (Å²) in [6.07, 6.45) is 3.43. The summed E-state index contributed by atoms with van der Waals surface area (Å²) < 4.78 is 4.69. The first kappa shape index (κ1) is 23.2. The average molecular weight is 503 g/mol. The second kappa shape index (κ2) is 12.5. The molecule has 0 saturated heterocycles. The Morgan fingerprint density at radius 3 is 2.19 bits per heavy atom. The van der Waals surface area contributed by atoms with Crippen molar-refractivity contribution in [2.24, 2.45) is 4.99 Å². The highest BCUT2D eigenvalue weighted by Gasteiger charge is 2.04. The molecule has 0 aliphatic heterocycles. The molecule has 1 aromatic carbocycles. The van der Waals surface area contributed by atoms with Crippen LogP contribution in [0.25, 0.3) is 0 Å². The largest absolute Gasteiger partial charge is 0.465 e. The number of benzene rings is 1. The summed E-state index contributed by atoms with van der Waals surface area (Å²) in [6, 6.07) is 11.2. The van der Waals surface area contributed by atoms with Gasteiger partial charge in [-0.2, -0.15) is 0 Å². The molecule has 0 aliphatic rings. The molecule has 146 valence electrons. The number of aromatic nitrogens is 1. The zero-order valence-electron chi connectivity index (χ0n) is 15.4. The molecule has 0 aliphatic carbocycles. The van der Waals surface area contributed by atoms with Crippen LogP contribution in [0, 0.1) is 0 Å². The fraction of sp³-hybridized carbons (Fsp3) is 0.316. The van der Waals surface area contributed by atoms with Gasteiger partial charge in [-0.25, -0.2) is 9.78 Å². The lowest BCUT2D eigenvalue weighted by Gasteiger charge is -2.12. The second-order valence-corrected chi connectivity index (χ2v) is 5.99. The van der Waals surface area contributed by atoms with E-state index in [9.17, 15) is 4.79 Å². The van der Waals surface area contributed by atoms with E-state index in [2.05, 4.69) is 20.6 Å². The van der Waals surface area contributed by atoms with E-state index in [-0.39, 0.29) is 29.9 Å². The van der Waals surface area contributed by atoms with Gasteiger partial charge in [0.2, 0.25) is 0 Å². The molecule has 27 heavy (non-hydrogen) atoms.